The molecule has 1 aromatic carbocycles. The van der Waals surface area contributed by atoms with E-state index in [4.69, 9.17) is 16.3 Å². The van der Waals surface area contributed by atoms with Crippen molar-refractivity contribution in [1.82, 2.24) is 19.7 Å². The van der Waals surface area contributed by atoms with E-state index in [1.165, 1.54) is 35.3 Å². The summed E-state index contributed by atoms with van der Waals surface area (Å²) in [7, 11) is -3.51. The molecule has 1 aliphatic rings. The summed E-state index contributed by atoms with van der Waals surface area (Å²) >= 11 is 6.07. The number of hydrogen-bond donors (Lipinski definition) is 2. The van der Waals surface area contributed by atoms with Crippen molar-refractivity contribution in [2.24, 2.45) is 0 Å². The molecule has 1 fully saturated rings. The summed E-state index contributed by atoms with van der Waals surface area (Å²) in [4.78, 5) is 33.4. The highest BCUT2D eigenvalue weighted by atomic mass is 35.5. The summed E-state index contributed by atoms with van der Waals surface area (Å²) in [5.41, 5.74) is 1.20. The van der Waals surface area contributed by atoms with Crippen LogP contribution in [-0.2, 0) is 14.8 Å². The van der Waals surface area contributed by atoms with Gasteiger partial charge in [0.25, 0.3) is 5.91 Å². The Labute approximate surface area is 232 Å². The van der Waals surface area contributed by atoms with E-state index in [9.17, 15) is 18.0 Å². The highest BCUT2D eigenvalue weighted by molar-refractivity contribution is 7.92. The van der Waals surface area contributed by atoms with E-state index in [1.54, 1.807) is 17.2 Å². The van der Waals surface area contributed by atoms with Crippen molar-refractivity contribution in [1.29, 1.82) is 0 Å². The average molecular weight is 576 g/mol. The molecule has 2 amide bonds. The Kier molecular flexibility index (Phi) is 8.02. The van der Waals surface area contributed by atoms with E-state index >= 15 is 0 Å². The second-order valence-corrected chi connectivity index (χ2v) is 12.2. The Morgan fingerprint density at radius 2 is 1.72 bits per heavy atom. The Morgan fingerprint density at radius 3 is 2.33 bits per heavy atom. The number of carbonyl (C=O) groups excluding carboxylic acids is 2. The van der Waals surface area contributed by atoms with Crippen molar-refractivity contribution in [3.63, 3.8) is 0 Å². The molecule has 14 heteroatoms. The smallest absolute Gasteiger partial charge is 0.410 e. The molecule has 1 saturated heterocycles. The number of hydrogen-bond acceptors (Lipinski definition) is 8. The second kappa shape index (κ2) is 11.1. The van der Waals surface area contributed by atoms with Gasteiger partial charge in [-0.1, -0.05) is 11.6 Å². The third kappa shape index (κ3) is 7.83. The molecule has 2 aromatic heterocycles. The van der Waals surface area contributed by atoms with Crippen LogP contribution in [0.25, 0.3) is 5.82 Å². The number of piperazine rings is 1. The number of aromatic nitrogens is 3. The van der Waals surface area contributed by atoms with Crippen LogP contribution in [0, 0.1) is 0 Å². The van der Waals surface area contributed by atoms with Crippen molar-refractivity contribution >= 4 is 50.7 Å². The van der Waals surface area contributed by atoms with Crippen LogP contribution in [0.3, 0.4) is 0 Å². The lowest BCUT2D eigenvalue weighted by Crippen LogP contribution is -2.50. The largest absolute Gasteiger partial charge is 0.444 e. The molecule has 3 heterocycles. The molecule has 0 bridgehead atoms. The van der Waals surface area contributed by atoms with Crippen molar-refractivity contribution in [3.05, 3.63) is 59.5 Å². The number of sulfonamides is 1. The Hall–Kier alpha value is -3.84. The van der Waals surface area contributed by atoms with Gasteiger partial charge in [-0.25, -0.2) is 22.9 Å². The molecule has 0 atom stereocenters. The Balaban J connectivity index is 1.37. The molecule has 208 valence electrons. The van der Waals surface area contributed by atoms with Gasteiger partial charge in [0.2, 0.25) is 10.0 Å². The summed E-state index contributed by atoms with van der Waals surface area (Å²) in [5.74, 6) is 0.0703. The maximum Gasteiger partial charge on any atom is 0.410 e. The minimum absolute atomic E-state index is 0.228. The lowest BCUT2D eigenvalue weighted by molar-refractivity contribution is 0.0240. The molecule has 0 spiro atoms. The number of rotatable bonds is 6. The van der Waals surface area contributed by atoms with E-state index < -0.39 is 21.5 Å². The highest BCUT2D eigenvalue weighted by Gasteiger charge is 2.26. The number of pyridine rings is 1. The van der Waals surface area contributed by atoms with Gasteiger partial charge >= 0.3 is 6.09 Å². The summed E-state index contributed by atoms with van der Waals surface area (Å²) in [5, 5.41) is 7.18. The van der Waals surface area contributed by atoms with Crippen LogP contribution in [-0.4, -0.2) is 78.1 Å². The molecule has 0 radical (unpaired) electrons. The van der Waals surface area contributed by atoms with E-state index in [2.05, 4.69) is 25.0 Å². The van der Waals surface area contributed by atoms with Crippen LogP contribution < -0.4 is 14.9 Å². The number of carbonyl (C=O) groups is 2. The molecule has 3 aromatic rings. The summed E-state index contributed by atoms with van der Waals surface area (Å²) in [6, 6.07) is 8.11. The maximum absolute atomic E-state index is 12.8. The monoisotopic (exact) mass is 575 g/mol. The van der Waals surface area contributed by atoms with Crippen LogP contribution in [0.5, 0.6) is 0 Å². The lowest BCUT2D eigenvalue weighted by Gasteiger charge is -2.36. The van der Waals surface area contributed by atoms with E-state index in [0.717, 1.165) is 11.9 Å². The van der Waals surface area contributed by atoms with Crippen molar-refractivity contribution in [2.75, 3.05) is 47.4 Å². The third-order valence-electron chi connectivity index (χ3n) is 5.57. The number of halogens is 1. The zero-order valence-electron chi connectivity index (χ0n) is 22.0. The summed E-state index contributed by atoms with van der Waals surface area (Å²) < 4.78 is 32.3. The molecular formula is C25H30ClN7O5S. The topological polar surface area (TPSA) is 139 Å². The number of ether oxygens (including phenoxy) is 1. The van der Waals surface area contributed by atoms with Crippen molar-refractivity contribution < 1.29 is 22.7 Å². The summed E-state index contributed by atoms with van der Waals surface area (Å²) in [6.45, 7) is 7.94. The predicted octanol–water partition coefficient (Wildman–Crippen LogP) is 3.60. The first-order valence-electron chi connectivity index (χ1n) is 12.1. The quantitative estimate of drug-likeness (QED) is 0.454. The van der Waals surface area contributed by atoms with Crippen LogP contribution >= 0.6 is 11.6 Å². The summed E-state index contributed by atoms with van der Waals surface area (Å²) in [6.07, 6.45) is 5.38. The molecule has 0 aliphatic carbocycles. The third-order valence-corrected chi connectivity index (χ3v) is 6.39. The first kappa shape index (κ1) is 28.2. The number of benzene rings is 1. The van der Waals surface area contributed by atoms with Gasteiger partial charge in [0.05, 0.1) is 35.6 Å². The number of nitrogens with one attached hydrogen (secondary N) is 2. The van der Waals surface area contributed by atoms with Gasteiger partial charge in [-0.15, -0.1) is 0 Å². The van der Waals surface area contributed by atoms with E-state index in [0.29, 0.717) is 37.7 Å². The molecule has 12 nitrogen and oxygen atoms in total. The van der Waals surface area contributed by atoms with E-state index in [-0.39, 0.29) is 22.4 Å². The first-order chi connectivity index (χ1) is 18.3. The fourth-order valence-corrected chi connectivity index (χ4v) is 4.66. The molecule has 0 unspecified atom stereocenters. The molecule has 1 aliphatic heterocycles. The van der Waals surface area contributed by atoms with Crippen LogP contribution in [0.4, 0.5) is 21.9 Å². The van der Waals surface area contributed by atoms with Gasteiger partial charge in [-0.3, -0.25) is 9.52 Å². The first-order valence-corrected chi connectivity index (χ1v) is 14.4. The van der Waals surface area contributed by atoms with Crippen LogP contribution in [0.2, 0.25) is 5.02 Å². The Morgan fingerprint density at radius 1 is 1.03 bits per heavy atom. The molecule has 4 rings (SSSR count). The van der Waals surface area contributed by atoms with Gasteiger partial charge in [-0.2, -0.15) is 5.10 Å². The van der Waals surface area contributed by atoms with Crippen LogP contribution in [0.1, 0.15) is 31.1 Å². The number of nitrogens with zero attached hydrogens (tertiary/aromatic N) is 5. The van der Waals surface area contributed by atoms with Crippen LogP contribution in [0.15, 0.2) is 48.9 Å². The standard InChI is InChI=1S/C25H30ClN7O5S/c1-25(2,3)38-24(35)32-9-7-31(8-10-32)21-5-6-22(27-15-21)33-16-17(14-28-33)23(34)29-19-11-18(26)12-20(13-19)30-39(4,36)37/h5-6,11-16,30H,7-10H2,1-4H3,(H,29,34). The normalized spacial score (nSPS) is 14.2. The zero-order chi connectivity index (χ0) is 28.4. The minimum atomic E-state index is -3.51. The van der Waals surface area contributed by atoms with Gasteiger partial charge in [0.15, 0.2) is 5.82 Å². The van der Waals surface area contributed by atoms with Crippen molar-refractivity contribution in [2.45, 2.75) is 26.4 Å². The lowest BCUT2D eigenvalue weighted by atomic mass is 10.2. The number of anilines is 3. The second-order valence-electron chi connectivity index (χ2n) is 10.1. The fourth-order valence-electron chi connectivity index (χ4n) is 3.88. The van der Waals surface area contributed by atoms with Gasteiger partial charge in [-0.05, 0) is 51.1 Å². The zero-order valence-corrected chi connectivity index (χ0v) is 23.6. The maximum atomic E-state index is 12.8. The average Bonchev–Trinajstić information content (AvgIpc) is 3.32. The molecule has 0 saturated carbocycles. The fraction of sp³-hybridized carbons (Fsp3) is 0.360. The predicted molar refractivity (Wildman–Crippen MR) is 149 cm³/mol. The Bertz CT molecular complexity index is 1460. The minimum Gasteiger partial charge on any atom is -0.444 e. The van der Waals surface area contributed by atoms with E-state index in [1.807, 2.05) is 26.8 Å². The van der Waals surface area contributed by atoms with Gasteiger partial charge < -0.3 is 19.9 Å². The molecule has 39 heavy (non-hydrogen) atoms. The molecular weight excluding hydrogens is 546 g/mol. The molecule has 2 N–H and O–H groups in total. The highest BCUT2D eigenvalue weighted by Crippen LogP contribution is 2.24. The van der Waals surface area contributed by atoms with Gasteiger partial charge in [0, 0.05) is 43.1 Å². The SMILES string of the molecule is CC(C)(C)OC(=O)N1CCN(c2ccc(-n3cc(C(=O)Nc4cc(Cl)cc(NS(C)(=O)=O)c4)cn3)nc2)CC1. The number of amides is 2. The van der Waals surface area contributed by atoms with Gasteiger partial charge in [0.1, 0.15) is 5.60 Å². The van der Waals surface area contributed by atoms with Crippen molar-refractivity contribution in [3.8, 4) is 5.82 Å².